The van der Waals surface area contributed by atoms with E-state index in [0.29, 0.717) is 6.42 Å². The third-order valence-corrected chi connectivity index (χ3v) is 3.31. The fraction of sp³-hybridized carbons (Fsp3) is 0.429. The molecule has 1 aromatic carbocycles. The topological polar surface area (TPSA) is 74.6 Å². The molecule has 0 aliphatic heterocycles. The predicted molar refractivity (Wildman–Crippen MR) is 67.4 cm³/mol. The molecule has 0 spiro atoms. The van der Waals surface area contributed by atoms with Gasteiger partial charge < -0.3 is 10.2 Å². The summed E-state index contributed by atoms with van der Waals surface area (Å²) in [5.41, 5.74) is 0.875. The summed E-state index contributed by atoms with van der Waals surface area (Å²) in [5, 5.41) is 18.3. The molecule has 4 nitrogen and oxygen atoms in total. The Morgan fingerprint density at radius 1 is 1.05 bits per heavy atom. The van der Waals surface area contributed by atoms with Crippen LogP contribution in [0.3, 0.4) is 0 Å². The van der Waals surface area contributed by atoms with Gasteiger partial charge in [-0.05, 0) is 17.9 Å². The Hall–Kier alpha value is -0.463. The number of rotatable bonds is 6. The molecule has 3 atom stereocenters. The van der Waals surface area contributed by atoms with Crippen molar-refractivity contribution in [3.8, 4) is 0 Å². The number of hydrogen-bond donors (Lipinski definition) is 2. The first-order valence-corrected chi connectivity index (χ1v) is 5.99. The fourth-order valence-electron chi connectivity index (χ4n) is 2.29. The average Bonchev–Trinajstić information content (AvgIpc) is 2.35. The summed E-state index contributed by atoms with van der Waals surface area (Å²) in [6, 6.07) is 9.22. The van der Waals surface area contributed by atoms with Crippen molar-refractivity contribution in [2.24, 2.45) is 11.8 Å². The van der Waals surface area contributed by atoms with E-state index in [2.05, 4.69) is 0 Å². The van der Waals surface area contributed by atoms with Gasteiger partial charge in [0.15, 0.2) is 0 Å². The molecule has 2 N–H and O–H groups in total. The van der Waals surface area contributed by atoms with Gasteiger partial charge in [-0.25, -0.2) is 0 Å². The zero-order valence-electron chi connectivity index (χ0n) is 11.4. The maximum atomic E-state index is 11.4. The van der Waals surface area contributed by atoms with Gasteiger partial charge in [0.2, 0.25) is 0 Å². The second-order valence-electron chi connectivity index (χ2n) is 4.42. The van der Waals surface area contributed by atoms with Crippen molar-refractivity contribution >= 4 is 11.9 Å². The van der Waals surface area contributed by atoms with Gasteiger partial charge in [0.1, 0.15) is 0 Å². The molecule has 3 unspecified atom stereocenters. The van der Waals surface area contributed by atoms with Crippen LogP contribution < -0.4 is 0 Å². The van der Waals surface area contributed by atoms with E-state index in [4.69, 9.17) is 5.11 Å². The third kappa shape index (κ3) is 5.50. The molecule has 0 heterocycles. The summed E-state index contributed by atoms with van der Waals surface area (Å²) < 4.78 is 0. The number of carboxylic acids is 2. The van der Waals surface area contributed by atoms with Crippen LogP contribution in [0.1, 0.15) is 31.7 Å². The molecule has 0 radical (unpaired) electrons. The fourth-order valence-corrected chi connectivity index (χ4v) is 2.29. The van der Waals surface area contributed by atoms with E-state index in [1.807, 2.05) is 37.3 Å². The minimum Gasteiger partial charge on any atom is -0.481 e. The second kappa shape index (κ2) is 10.3. The average molecular weight is 618 g/mol. The van der Waals surface area contributed by atoms with E-state index in [1.54, 1.807) is 0 Å². The van der Waals surface area contributed by atoms with Crippen LogP contribution in [0.5, 0.6) is 0 Å². The van der Waals surface area contributed by atoms with E-state index in [0.717, 1.165) is 5.56 Å². The molecule has 0 amide bonds. The largest absolute Gasteiger partial charge is 0.481 e. The Balaban J connectivity index is 0. The molecule has 0 saturated carbocycles. The van der Waals surface area contributed by atoms with Crippen LogP contribution in [0.2, 0.25) is 0 Å². The van der Waals surface area contributed by atoms with E-state index in [1.165, 1.54) is 6.92 Å². The summed E-state index contributed by atoms with van der Waals surface area (Å²) in [7, 11) is 0. The van der Waals surface area contributed by atoms with Crippen molar-refractivity contribution in [2.75, 3.05) is 0 Å². The molecular weight excluding hydrogens is 600 g/mol. The molecular formula is C14H18O4W2. The Labute approximate surface area is 147 Å². The molecule has 0 bridgehead atoms. The summed E-state index contributed by atoms with van der Waals surface area (Å²) in [4.78, 5) is 22.4. The Bertz CT molecular complexity index is 422. The standard InChI is InChI=1S/C14H18O4.2W/c1-3-11(10-7-5-4-6-8-10)12(14(17)18)9(2)13(15)16;;/h4-9,11-12H,3H2,1-2H3,(H,15,16)(H,17,18);;. The zero-order chi connectivity index (χ0) is 13.7. The van der Waals surface area contributed by atoms with Crippen molar-refractivity contribution in [1.29, 1.82) is 0 Å². The van der Waals surface area contributed by atoms with Gasteiger partial charge in [-0.1, -0.05) is 44.2 Å². The Kier molecular flexibility index (Phi) is 11.2. The summed E-state index contributed by atoms with van der Waals surface area (Å²) in [6.45, 7) is 3.33. The quantitative estimate of drug-likeness (QED) is 0.515. The first-order valence-electron chi connectivity index (χ1n) is 5.99. The summed E-state index contributed by atoms with van der Waals surface area (Å²) in [5.74, 6) is -4.23. The van der Waals surface area contributed by atoms with E-state index >= 15 is 0 Å². The van der Waals surface area contributed by atoms with Gasteiger partial charge in [-0.3, -0.25) is 9.59 Å². The smallest absolute Gasteiger partial charge is 0.307 e. The van der Waals surface area contributed by atoms with Crippen LogP contribution in [-0.4, -0.2) is 22.2 Å². The van der Waals surface area contributed by atoms with Crippen molar-refractivity contribution < 1.29 is 61.9 Å². The maximum Gasteiger partial charge on any atom is 0.307 e. The van der Waals surface area contributed by atoms with Crippen LogP contribution in [0.15, 0.2) is 30.3 Å². The number of carboxylic acid groups (broad SMARTS) is 2. The summed E-state index contributed by atoms with van der Waals surface area (Å²) >= 11 is 0. The molecule has 6 heteroatoms. The number of aliphatic carboxylic acids is 2. The van der Waals surface area contributed by atoms with Crippen LogP contribution in [0.4, 0.5) is 0 Å². The SMILES string of the molecule is CCC(c1ccccc1)C(C(=O)O)C(C)C(=O)O.[W].[W]. The minimum absolute atomic E-state index is 0. The normalized spacial score (nSPS) is 14.1. The van der Waals surface area contributed by atoms with E-state index in [9.17, 15) is 14.7 Å². The molecule has 1 rings (SSSR count). The summed E-state index contributed by atoms with van der Waals surface area (Å²) in [6.07, 6.45) is 0.596. The van der Waals surface area contributed by atoms with E-state index < -0.39 is 23.8 Å². The van der Waals surface area contributed by atoms with Crippen molar-refractivity contribution in [3.63, 3.8) is 0 Å². The third-order valence-electron chi connectivity index (χ3n) is 3.31. The zero-order valence-corrected chi connectivity index (χ0v) is 17.2. The molecule has 110 valence electrons. The molecule has 0 saturated heterocycles. The van der Waals surface area contributed by atoms with Crippen molar-refractivity contribution in [2.45, 2.75) is 26.2 Å². The van der Waals surface area contributed by atoms with Gasteiger partial charge in [0, 0.05) is 42.1 Å². The first-order chi connectivity index (χ1) is 8.49. The van der Waals surface area contributed by atoms with Crippen LogP contribution in [0.25, 0.3) is 0 Å². The van der Waals surface area contributed by atoms with Crippen LogP contribution >= 0.6 is 0 Å². The maximum absolute atomic E-state index is 11.4. The molecule has 0 aliphatic carbocycles. The molecule has 1 aromatic rings. The Morgan fingerprint density at radius 2 is 1.55 bits per heavy atom. The molecule has 0 aromatic heterocycles. The van der Waals surface area contributed by atoms with Gasteiger partial charge in [0.25, 0.3) is 0 Å². The number of benzene rings is 1. The predicted octanol–water partition coefficient (Wildman–Crippen LogP) is 2.60. The first kappa shape index (κ1) is 21.8. The molecule has 0 fully saturated rings. The molecule has 0 aliphatic rings. The second-order valence-corrected chi connectivity index (χ2v) is 4.42. The minimum atomic E-state index is -1.07. The van der Waals surface area contributed by atoms with Gasteiger partial charge in [0.05, 0.1) is 11.8 Å². The van der Waals surface area contributed by atoms with Crippen LogP contribution in [-0.2, 0) is 51.7 Å². The number of carbonyl (C=O) groups is 2. The molecule has 20 heavy (non-hydrogen) atoms. The van der Waals surface area contributed by atoms with Crippen LogP contribution in [0, 0.1) is 11.8 Å². The number of hydrogen-bond acceptors (Lipinski definition) is 2. The van der Waals surface area contributed by atoms with Gasteiger partial charge in [-0.15, -0.1) is 0 Å². The van der Waals surface area contributed by atoms with Crippen molar-refractivity contribution in [3.05, 3.63) is 35.9 Å². The van der Waals surface area contributed by atoms with E-state index in [-0.39, 0.29) is 48.0 Å². The Morgan fingerprint density at radius 3 is 1.90 bits per heavy atom. The van der Waals surface area contributed by atoms with Gasteiger partial charge in [-0.2, -0.15) is 0 Å². The van der Waals surface area contributed by atoms with Crippen molar-refractivity contribution in [1.82, 2.24) is 0 Å². The van der Waals surface area contributed by atoms with Gasteiger partial charge >= 0.3 is 11.9 Å². The monoisotopic (exact) mass is 618 g/mol.